The van der Waals surface area contributed by atoms with Gasteiger partial charge in [0.2, 0.25) is 0 Å². The molecule has 5 rings (SSSR count). The SMILES string of the molecule is Nc1nnc(-c2c(O)cc(C(F)(F)F)cc2F)c2c1C1(CC1)OC2.OC1CCCCC1. The molecule has 4 N–H and O–H groups in total. The first-order valence-corrected chi connectivity index (χ1v) is 10.2. The highest BCUT2D eigenvalue weighted by Gasteiger charge is 2.53. The number of hydrogen-bond donors (Lipinski definition) is 3. The van der Waals surface area contributed by atoms with Gasteiger partial charge in [0.15, 0.2) is 5.82 Å². The van der Waals surface area contributed by atoms with Gasteiger partial charge in [-0.15, -0.1) is 10.2 Å². The molecule has 1 aromatic carbocycles. The third kappa shape index (κ3) is 4.18. The van der Waals surface area contributed by atoms with E-state index in [1.165, 1.54) is 19.3 Å². The Labute approximate surface area is 176 Å². The number of anilines is 1. The normalized spacial score (nSPS) is 19.6. The molecule has 1 aromatic heterocycles. The first-order chi connectivity index (χ1) is 14.6. The molecule has 2 aromatic rings. The Morgan fingerprint density at radius 3 is 2.29 bits per heavy atom. The van der Waals surface area contributed by atoms with E-state index in [9.17, 15) is 22.7 Å². The molecule has 2 fully saturated rings. The number of aliphatic hydroxyl groups excluding tert-OH is 1. The van der Waals surface area contributed by atoms with E-state index in [0.29, 0.717) is 23.3 Å². The summed E-state index contributed by atoms with van der Waals surface area (Å²) in [6.45, 7) is 0.0876. The van der Waals surface area contributed by atoms with Gasteiger partial charge in [-0.25, -0.2) is 4.39 Å². The molecular weight excluding hydrogens is 418 g/mol. The molecule has 2 heterocycles. The largest absolute Gasteiger partial charge is 0.507 e. The van der Waals surface area contributed by atoms with Crippen molar-refractivity contribution in [3.05, 3.63) is 34.6 Å². The van der Waals surface area contributed by atoms with Gasteiger partial charge in [0, 0.05) is 11.1 Å². The molecule has 1 aliphatic heterocycles. The van der Waals surface area contributed by atoms with E-state index in [-0.39, 0.29) is 24.2 Å². The smallest absolute Gasteiger partial charge is 0.416 e. The molecule has 2 aliphatic carbocycles. The Kier molecular flexibility index (Phi) is 5.55. The van der Waals surface area contributed by atoms with Crippen molar-refractivity contribution in [3.63, 3.8) is 0 Å². The summed E-state index contributed by atoms with van der Waals surface area (Å²) in [5, 5.41) is 26.4. The van der Waals surface area contributed by atoms with Crippen molar-refractivity contribution in [2.24, 2.45) is 0 Å². The highest BCUT2D eigenvalue weighted by atomic mass is 19.4. The van der Waals surface area contributed by atoms with E-state index < -0.39 is 34.5 Å². The maximum Gasteiger partial charge on any atom is 0.416 e. The van der Waals surface area contributed by atoms with Crippen molar-refractivity contribution in [3.8, 4) is 17.0 Å². The number of rotatable bonds is 1. The first kappa shape index (κ1) is 21.8. The fourth-order valence-electron chi connectivity index (χ4n) is 4.20. The number of hydrogen-bond acceptors (Lipinski definition) is 6. The van der Waals surface area contributed by atoms with Gasteiger partial charge in [-0.3, -0.25) is 0 Å². The quantitative estimate of drug-likeness (QED) is 0.567. The van der Waals surface area contributed by atoms with Gasteiger partial charge >= 0.3 is 6.18 Å². The summed E-state index contributed by atoms with van der Waals surface area (Å²) in [4.78, 5) is 0. The molecule has 0 bridgehead atoms. The molecule has 3 aliphatic rings. The monoisotopic (exact) mass is 441 g/mol. The van der Waals surface area contributed by atoms with Gasteiger partial charge in [-0.2, -0.15) is 13.2 Å². The highest BCUT2D eigenvalue weighted by molar-refractivity contribution is 5.74. The number of ether oxygens (including phenoxy) is 1. The molecule has 168 valence electrons. The van der Waals surface area contributed by atoms with Crippen molar-refractivity contribution in [2.75, 3.05) is 5.73 Å². The zero-order valence-corrected chi connectivity index (χ0v) is 16.7. The fraction of sp³-hybridized carbons (Fsp3) is 0.524. The first-order valence-electron chi connectivity index (χ1n) is 10.2. The molecule has 6 nitrogen and oxygen atoms in total. The summed E-state index contributed by atoms with van der Waals surface area (Å²) in [5.41, 5.74) is 4.55. The van der Waals surface area contributed by atoms with E-state index in [4.69, 9.17) is 15.6 Å². The lowest BCUT2D eigenvalue weighted by Crippen LogP contribution is -2.10. The van der Waals surface area contributed by atoms with Gasteiger partial charge in [0.25, 0.3) is 0 Å². The van der Waals surface area contributed by atoms with Crippen LogP contribution in [0.2, 0.25) is 0 Å². The maximum absolute atomic E-state index is 14.3. The number of aromatic hydroxyl groups is 1. The molecule has 0 radical (unpaired) electrons. The third-order valence-corrected chi connectivity index (χ3v) is 5.96. The molecule has 0 atom stereocenters. The second kappa shape index (κ2) is 7.90. The molecular formula is C21H23F4N3O3. The van der Waals surface area contributed by atoms with Crippen LogP contribution in [-0.4, -0.2) is 26.5 Å². The molecule has 0 saturated heterocycles. The summed E-state index contributed by atoms with van der Waals surface area (Å²) < 4.78 is 58.1. The number of alkyl halides is 3. The van der Waals surface area contributed by atoms with Crippen molar-refractivity contribution >= 4 is 5.82 Å². The number of aliphatic hydroxyl groups is 1. The van der Waals surface area contributed by atoms with Crippen molar-refractivity contribution < 1.29 is 32.5 Å². The second-order valence-electron chi connectivity index (χ2n) is 8.21. The molecule has 0 unspecified atom stereocenters. The summed E-state index contributed by atoms with van der Waals surface area (Å²) in [6, 6.07) is 0.785. The lowest BCUT2D eigenvalue weighted by molar-refractivity contribution is -0.137. The van der Waals surface area contributed by atoms with Crippen molar-refractivity contribution in [1.82, 2.24) is 10.2 Å². The van der Waals surface area contributed by atoms with E-state index in [1.54, 1.807) is 0 Å². The zero-order valence-electron chi connectivity index (χ0n) is 16.7. The van der Waals surface area contributed by atoms with Crippen LogP contribution >= 0.6 is 0 Å². The lowest BCUT2D eigenvalue weighted by Gasteiger charge is -2.14. The van der Waals surface area contributed by atoms with Crippen LogP contribution in [0.3, 0.4) is 0 Å². The Hall–Kier alpha value is -2.46. The van der Waals surface area contributed by atoms with Crippen LogP contribution < -0.4 is 5.73 Å². The van der Waals surface area contributed by atoms with Crippen LogP contribution in [0.25, 0.3) is 11.3 Å². The van der Waals surface area contributed by atoms with Gasteiger partial charge in [0.1, 0.15) is 17.3 Å². The van der Waals surface area contributed by atoms with Crippen LogP contribution in [0, 0.1) is 5.82 Å². The van der Waals surface area contributed by atoms with Crippen LogP contribution in [0.15, 0.2) is 12.1 Å². The third-order valence-electron chi connectivity index (χ3n) is 5.96. The number of nitrogen functional groups attached to an aromatic ring is 1. The number of phenolic OH excluding ortho intramolecular Hbond substituents is 1. The maximum atomic E-state index is 14.3. The second-order valence-corrected chi connectivity index (χ2v) is 8.21. The summed E-state index contributed by atoms with van der Waals surface area (Å²) >= 11 is 0. The number of phenols is 1. The zero-order chi connectivity index (χ0) is 22.4. The van der Waals surface area contributed by atoms with E-state index >= 15 is 0 Å². The summed E-state index contributed by atoms with van der Waals surface area (Å²) in [7, 11) is 0. The minimum absolute atomic E-state index is 0.0359. The van der Waals surface area contributed by atoms with Crippen LogP contribution in [0.4, 0.5) is 23.4 Å². The Bertz CT molecular complexity index is 964. The molecule has 10 heteroatoms. The number of halogens is 4. The van der Waals surface area contributed by atoms with E-state index in [1.807, 2.05) is 0 Å². The van der Waals surface area contributed by atoms with Gasteiger partial charge < -0.3 is 20.7 Å². The number of benzene rings is 1. The Morgan fingerprint density at radius 2 is 1.77 bits per heavy atom. The summed E-state index contributed by atoms with van der Waals surface area (Å²) in [6.07, 6.45) is 2.62. The van der Waals surface area contributed by atoms with Gasteiger partial charge in [0.05, 0.1) is 29.4 Å². The molecule has 1 spiro atoms. The number of nitrogens with two attached hydrogens (primary N) is 1. The number of nitrogens with zero attached hydrogens (tertiary/aromatic N) is 2. The minimum Gasteiger partial charge on any atom is -0.507 e. The van der Waals surface area contributed by atoms with Crippen LogP contribution in [0.5, 0.6) is 5.75 Å². The highest BCUT2D eigenvalue weighted by Crippen LogP contribution is 2.57. The topological polar surface area (TPSA) is 101 Å². The van der Waals surface area contributed by atoms with Gasteiger partial charge in [-0.1, -0.05) is 19.3 Å². The minimum atomic E-state index is -4.77. The molecule has 31 heavy (non-hydrogen) atoms. The average molecular weight is 441 g/mol. The van der Waals surface area contributed by atoms with Crippen LogP contribution in [0.1, 0.15) is 61.6 Å². The predicted octanol–water partition coefficient (Wildman–Crippen LogP) is 4.42. The van der Waals surface area contributed by atoms with Crippen molar-refractivity contribution in [2.45, 2.75) is 69.4 Å². The molecule has 2 saturated carbocycles. The van der Waals surface area contributed by atoms with Gasteiger partial charge in [-0.05, 0) is 37.8 Å². The number of fused-ring (bicyclic) bond motifs is 2. The molecule has 0 amide bonds. The summed E-state index contributed by atoms with van der Waals surface area (Å²) in [5.74, 6) is -1.95. The standard InChI is InChI=1S/C15H11F4N3O2.C6H12O/c16-8-3-6(15(17,18)19)4-9(23)10(8)12-7-5-24-14(1-2-14)11(7)13(20)22-21-12;7-6-4-2-1-3-5-6/h3-4,23H,1-2,5H2,(H2,20,22);6-7H,1-5H2. The van der Waals surface area contributed by atoms with Crippen molar-refractivity contribution in [1.29, 1.82) is 0 Å². The predicted molar refractivity (Wildman–Crippen MR) is 103 cm³/mol. The van der Waals surface area contributed by atoms with E-state index in [2.05, 4.69) is 10.2 Å². The number of aromatic nitrogens is 2. The van der Waals surface area contributed by atoms with E-state index in [0.717, 1.165) is 25.7 Å². The lowest BCUT2D eigenvalue weighted by atomic mass is 9.98. The Morgan fingerprint density at radius 1 is 1.10 bits per heavy atom. The Balaban J connectivity index is 0.000000282. The fourth-order valence-corrected chi connectivity index (χ4v) is 4.20. The van der Waals surface area contributed by atoms with Crippen LogP contribution in [-0.2, 0) is 23.1 Å². The average Bonchev–Trinajstić information content (AvgIpc) is 3.37.